The molecule has 0 radical (unpaired) electrons. The summed E-state index contributed by atoms with van der Waals surface area (Å²) >= 11 is 0. The van der Waals surface area contributed by atoms with Gasteiger partial charge in [-0.15, -0.1) is 0 Å². The van der Waals surface area contributed by atoms with Crippen LogP contribution in [0.15, 0.2) is 30.3 Å². The summed E-state index contributed by atoms with van der Waals surface area (Å²) in [5, 5.41) is 9.64. The number of benzene rings is 1. The number of carbonyl (C=O) groups excluding carboxylic acids is 1. The molecular formula is C22H31NO4. The van der Waals surface area contributed by atoms with Crippen LogP contribution in [0.3, 0.4) is 0 Å². The maximum atomic E-state index is 13.1. The number of hydrogen-bond donors (Lipinski definition) is 1. The van der Waals surface area contributed by atoms with Crippen molar-refractivity contribution in [3.05, 3.63) is 35.9 Å². The number of hydrogen-bond acceptors (Lipinski definition) is 3. The van der Waals surface area contributed by atoms with E-state index in [4.69, 9.17) is 4.74 Å². The summed E-state index contributed by atoms with van der Waals surface area (Å²) in [5.74, 6) is -0.521. The monoisotopic (exact) mass is 373 g/mol. The molecule has 148 valence electrons. The number of carbonyl (C=O) groups is 2. The number of aliphatic carboxylic acids is 1. The maximum absolute atomic E-state index is 13.1. The quantitative estimate of drug-likeness (QED) is 0.870. The van der Waals surface area contributed by atoms with E-state index in [2.05, 4.69) is 20.8 Å². The van der Waals surface area contributed by atoms with Gasteiger partial charge in [-0.25, -0.2) is 4.79 Å². The molecule has 1 amide bonds. The summed E-state index contributed by atoms with van der Waals surface area (Å²) in [7, 11) is 0. The van der Waals surface area contributed by atoms with Crippen LogP contribution in [-0.4, -0.2) is 40.3 Å². The molecule has 1 N–H and O–H groups in total. The molecule has 0 aromatic heterocycles. The molecule has 1 saturated carbocycles. The lowest BCUT2D eigenvalue weighted by molar-refractivity contribution is -0.166. The lowest BCUT2D eigenvalue weighted by Gasteiger charge is -2.46. The van der Waals surface area contributed by atoms with Crippen molar-refractivity contribution in [2.24, 2.45) is 11.3 Å². The Balaban J connectivity index is 1.74. The van der Waals surface area contributed by atoms with E-state index in [0.29, 0.717) is 18.8 Å². The van der Waals surface area contributed by atoms with Crippen LogP contribution in [0, 0.1) is 11.3 Å². The summed E-state index contributed by atoms with van der Waals surface area (Å²) < 4.78 is 6.03. The zero-order valence-electron chi connectivity index (χ0n) is 16.6. The molecule has 0 unspecified atom stereocenters. The number of amides is 1. The number of ether oxygens (including phenoxy) is 1. The Morgan fingerprint density at radius 2 is 1.81 bits per heavy atom. The Morgan fingerprint density at radius 1 is 1.19 bits per heavy atom. The number of aryl methyl sites for hydroxylation is 1. The average Bonchev–Trinajstić information content (AvgIpc) is 2.99. The molecule has 1 aliphatic heterocycles. The van der Waals surface area contributed by atoms with Gasteiger partial charge in [-0.1, -0.05) is 51.1 Å². The van der Waals surface area contributed by atoms with Crippen molar-refractivity contribution in [3.8, 4) is 0 Å². The molecule has 3 rings (SSSR count). The van der Waals surface area contributed by atoms with Crippen molar-refractivity contribution in [1.29, 1.82) is 0 Å². The zero-order valence-corrected chi connectivity index (χ0v) is 16.6. The fraction of sp³-hybridized carbons (Fsp3) is 0.636. The van der Waals surface area contributed by atoms with Crippen LogP contribution in [0.5, 0.6) is 0 Å². The first kappa shape index (κ1) is 19.9. The van der Waals surface area contributed by atoms with Crippen LogP contribution < -0.4 is 0 Å². The van der Waals surface area contributed by atoms with Gasteiger partial charge in [0, 0.05) is 6.42 Å². The van der Waals surface area contributed by atoms with Crippen LogP contribution in [0.2, 0.25) is 0 Å². The van der Waals surface area contributed by atoms with Gasteiger partial charge in [0.05, 0.1) is 6.61 Å². The third-order valence-corrected chi connectivity index (χ3v) is 6.28. The highest BCUT2D eigenvalue weighted by atomic mass is 16.5. The summed E-state index contributed by atoms with van der Waals surface area (Å²) in [4.78, 5) is 26.4. The second kappa shape index (κ2) is 7.63. The molecule has 2 fully saturated rings. The second-order valence-corrected chi connectivity index (χ2v) is 9.00. The van der Waals surface area contributed by atoms with Crippen LogP contribution in [-0.2, 0) is 20.7 Å². The van der Waals surface area contributed by atoms with Crippen LogP contribution >= 0.6 is 0 Å². The fourth-order valence-corrected chi connectivity index (χ4v) is 4.58. The van der Waals surface area contributed by atoms with E-state index in [1.807, 2.05) is 30.3 Å². The molecule has 1 aromatic rings. The number of carboxylic acid groups (broad SMARTS) is 1. The van der Waals surface area contributed by atoms with Crippen LogP contribution in [0.1, 0.15) is 58.4 Å². The molecule has 1 spiro atoms. The second-order valence-electron chi connectivity index (χ2n) is 9.00. The maximum Gasteiger partial charge on any atom is 0.328 e. The predicted molar refractivity (Wildman–Crippen MR) is 103 cm³/mol. The highest BCUT2D eigenvalue weighted by Gasteiger charge is 2.54. The lowest BCUT2D eigenvalue weighted by Crippen LogP contribution is -2.55. The van der Waals surface area contributed by atoms with Crippen molar-refractivity contribution in [2.75, 3.05) is 6.61 Å². The average molecular weight is 373 g/mol. The molecule has 5 nitrogen and oxygen atoms in total. The van der Waals surface area contributed by atoms with Crippen molar-refractivity contribution in [1.82, 2.24) is 4.90 Å². The van der Waals surface area contributed by atoms with Gasteiger partial charge >= 0.3 is 5.97 Å². The number of carboxylic acids is 1. The van der Waals surface area contributed by atoms with Gasteiger partial charge in [0.25, 0.3) is 0 Å². The van der Waals surface area contributed by atoms with Crippen molar-refractivity contribution in [2.45, 2.75) is 71.1 Å². The van der Waals surface area contributed by atoms with Gasteiger partial charge in [0.2, 0.25) is 5.91 Å². The first-order valence-electron chi connectivity index (χ1n) is 9.96. The highest BCUT2D eigenvalue weighted by molar-refractivity contribution is 5.85. The Bertz CT molecular complexity index is 671. The first-order valence-corrected chi connectivity index (χ1v) is 9.96. The molecule has 1 aromatic carbocycles. The van der Waals surface area contributed by atoms with Crippen LogP contribution in [0.4, 0.5) is 0 Å². The van der Waals surface area contributed by atoms with E-state index >= 15 is 0 Å². The van der Waals surface area contributed by atoms with E-state index in [9.17, 15) is 14.7 Å². The number of rotatable bonds is 4. The first-order chi connectivity index (χ1) is 12.7. The lowest BCUT2D eigenvalue weighted by atomic mass is 9.70. The predicted octanol–water partition coefficient (Wildman–Crippen LogP) is 3.86. The van der Waals surface area contributed by atoms with E-state index in [0.717, 1.165) is 31.2 Å². The minimum atomic E-state index is -0.974. The molecule has 1 atom stereocenters. The molecule has 1 aliphatic carbocycles. The standard InChI is InChI=1S/C22H31NO4/c1-21(2,3)17-11-13-22(14-12-17)23(18(15-27-22)20(25)26)19(24)10-9-16-7-5-4-6-8-16/h4-8,17-18H,9-15H2,1-3H3,(H,25,26)/t17?,18-,22?/m0/s1. The SMILES string of the molecule is CC(C)(C)C1CCC2(CC1)OC[C@@H](C(=O)O)N2C(=O)CCc1ccccc1. The van der Waals surface area contributed by atoms with Crippen molar-refractivity contribution < 1.29 is 19.4 Å². The molecule has 1 heterocycles. The largest absolute Gasteiger partial charge is 0.480 e. The Kier molecular flexibility index (Phi) is 5.61. The van der Waals surface area contributed by atoms with Gasteiger partial charge in [-0.2, -0.15) is 0 Å². The Labute approximate surface area is 161 Å². The molecule has 1 saturated heterocycles. The normalized spacial score (nSPS) is 28.5. The van der Waals surface area contributed by atoms with E-state index in [1.54, 1.807) is 4.90 Å². The van der Waals surface area contributed by atoms with Crippen molar-refractivity contribution >= 4 is 11.9 Å². The fourth-order valence-electron chi connectivity index (χ4n) is 4.58. The Morgan fingerprint density at radius 3 is 2.37 bits per heavy atom. The molecular weight excluding hydrogens is 342 g/mol. The van der Waals surface area contributed by atoms with Gasteiger partial charge in [0.15, 0.2) is 6.04 Å². The van der Waals surface area contributed by atoms with Gasteiger partial charge in [-0.05, 0) is 49.0 Å². The third-order valence-electron chi connectivity index (χ3n) is 6.28. The van der Waals surface area contributed by atoms with E-state index < -0.39 is 17.7 Å². The van der Waals surface area contributed by atoms with E-state index in [1.165, 1.54) is 0 Å². The molecule has 27 heavy (non-hydrogen) atoms. The Hall–Kier alpha value is -1.88. The summed E-state index contributed by atoms with van der Waals surface area (Å²) in [6.07, 6.45) is 4.27. The van der Waals surface area contributed by atoms with Crippen LogP contribution in [0.25, 0.3) is 0 Å². The van der Waals surface area contributed by atoms with E-state index in [-0.39, 0.29) is 17.9 Å². The smallest absolute Gasteiger partial charge is 0.328 e. The summed E-state index contributed by atoms with van der Waals surface area (Å²) in [6.45, 7) is 6.82. The molecule has 5 heteroatoms. The number of nitrogens with zero attached hydrogens (tertiary/aromatic N) is 1. The zero-order chi connectivity index (χ0) is 19.7. The topological polar surface area (TPSA) is 66.8 Å². The van der Waals surface area contributed by atoms with Gasteiger partial charge < -0.3 is 9.84 Å². The third kappa shape index (κ3) is 4.18. The summed E-state index contributed by atoms with van der Waals surface area (Å²) in [5.41, 5.74) is 0.566. The minimum Gasteiger partial charge on any atom is -0.480 e. The molecule has 2 aliphatic rings. The van der Waals surface area contributed by atoms with Crippen molar-refractivity contribution in [3.63, 3.8) is 0 Å². The highest BCUT2D eigenvalue weighted by Crippen LogP contribution is 2.47. The van der Waals surface area contributed by atoms with Gasteiger partial charge in [-0.3, -0.25) is 9.69 Å². The van der Waals surface area contributed by atoms with Gasteiger partial charge in [0.1, 0.15) is 5.72 Å². The molecule has 0 bridgehead atoms. The minimum absolute atomic E-state index is 0.0899. The summed E-state index contributed by atoms with van der Waals surface area (Å²) in [6, 6.07) is 8.96.